The first-order valence-corrected chi connectivity index (χ1v) is 10.9. The summed E-state index contributed by atoms with van der Waals surface area (Å²) in [6.07, 6.45) is 0. The summed E-state index contributed by atoms with van der Waals surface area (Å²) in [4.78, 5) is -0.0121. The Bertz CT molecular complexity index is 1090. The minimum atomic E-state index is -3.97. The molecule has 0 aliphatic rings. The molecular weight excluding hydrogens is 405 g/mol. The van der Waals surface area contributed by atoms with Crippen LogP contribution in [0.2, 0.25) is 0 Å². The Kier molecular flexibility index (Phi) is 6.62. The molecule has 7 heteroatoms. The molecule has 0 saturated heterocycles. The van der Waals surface area contributed by atoms with Gasteiger partial charge < -0.3 is 9.47 Å². The fraction of sp³-hybridized carbons (Fsp3) is 0.217. The standard InChI is InChI=1S/C23H24FNO4S/c1-17-7-6-8-18(2)23(17)29-16-15-25(21-9-4-5-10-22(21)28-3)30(26,27)20-13-11-19(24)12-14-20/h4-14H,15-16H2,1-3H3. The van der Waals surface area contributed by atoms with E-state index in [-0.39, 0.29) is 18.0 Å². The normalized spacial score (nSPS) is 11.2. The monoisotopic (exact) mass is 429 g/mol. The lowest BCUT2D eigenvalue weighted by atomic mass is 10.1. The molecule has 0 radical (unpaired) electrons. The summed E-state index contributed by atoms with van der Waals surface area (Å²) in [6.45, 7) is 4.06. The number of halogens is 1. The Balaban J connectivity index is 1.95. The number of hydrogen-bond acceptors (Lipinski definition) is 4. The van der Waals surface area contributed by atoms with Gasteiger partial charge in [0.1, 0.15) is 23.9 Å². The first kappa shape index (κ1) is 21.6. The van der Waals surface area contributed by atoms with Gasteiger partial charge in [0.2, 0.25) is 0 Å². The van der Waals surface area contributed by atoms with E-state index in [9.17, 15) is 12.8 Å². The Labute approximate surface area is 176 Å². The highest BCUT2D eigenvalue weighted by Crippen LogP contribution is 2.32. The fourth-order valence-electron chi connectivity index (χ4n) is 3.20. The van der Waals surface area contributed by atoms with Gasteiger partial charge in [-0.05, 0) is 61.4 Å². The van der Waals surface area contributed by atoms with Gasteiger partial charge in [-0.15, -0.1) is 0 Å². The van der Waals surface area contributed by atoms with Crippen LogP contribution in [0.15, 0.2) is 71.6 Å². The van der Waals surface area contributed by atoms with Crippen LogP contribution in [0, 0.1) is 19.7 Å². The molecule has 3 rings (SSSR count). The Hall–Kier alpha value is -3.06. The number of methoxy groups -OCH3 is 1. The van der Waals surface area contributed by atoms with Gasteiger partial charge >= 0.3 is 0 Å². The van der Waals surface area contributed by atoms with Crippen LogP contribution in [0.4, 0.5) is 10.1 Å². The van der Waals surface area contributed by atoms with E-state index in [1.54, 1.807) is 24.3 Å². The number of anilines is 1. The van der Waals surface area contributed by atoms with Gasteiger partial charge in [-0.3, -0.25) is 4.31 Å². The molecule has 0 atom stereocenters. The molecule has 0 heterocycles. The molecule has 3 aromatic carbocycles. The van der Waals surface area contributed by atoms with Crippen molar-refractivity contribution in [2.45, 2.75) is 18.7 Å². The van der Waals surface area contributed by atoms with Crippen LogP contribution in [-0.2, 0) is 10.0 Å². The second-order valence-corrected chi connectivity index (χ2v) is 8.63. The van der Waals surface area contributed by atoms with E-state index in [1.165, 1.54) is 23.5 Å². The molecule has 0 saturated carbocycles. The van der Waals surface area contributed by atoms with E-state index in [1.807, 2.05) is 32.0 Å². The Morgan fingerprint density at radius 3 is 2.17 bits per heavy atom. The van der Waals surface area contributed by atoms with Gasteiger partial charge in [0.15, 0.2) is 0 Å². The highest BCUT2D eigenvalue weighted by molar-refractivity contribution is 7.92. The van der Waals surface area contributed by atoms with Crippen molar-refractivity contribution in [2.24, 2.45) is 0 Å². The highest BCUT2D eigenvalue weighted by atomic mass is 32.2. The lowest BCUT2D eigenvalue weighted by Crippen LogP contribution is -2.35. The molecule has 0 aromatic heterocycles. The van der Waals surface area contributed by atoms with E-state index in [0.717, 1.165) is 29.0 Å². The fourth-order valence-corrected chi connectivity index (χ4v) is 4.66. The summed E-state index contributed by atoms with van der Waals surface area (Å²) >= 11 is 0. The number of hydrogen-bond donors (Lipinski definition) is 0. The Morgan fingerprint density at radius 1 is 0.900 bits per heavy atom. The summed E-state index contributed by atoms with van der Waals surface area (Å²) in [5.74, 6) is 0.642. The SMILES string of the molecule is COc1ccccc1N(CCOc1c(C)cccc1C)S(=O)(=O)c1ccc(F)cc1. The molecule has 3 aromatic rings. The van der Waals surface area contributed by atoms with Crippen molar-refractivity contribution in [2.75, 3.05) is 24.6 Å². The molecule has 0 bridgehead atoms. The van der Waals surface area contributed by atoms with E-state index >= 15 is 0 Å². The van der Waals surface area contributed by atoms with Crippen molar-refractivity contribution >= 4 is 15.7 Å². The number of benzene rings is 3. The topological polar surface area (TPSA) is 55.8 Å². The summed E-state index contributed by atoms with van der Waals surface area (Å²) in [6, 6.07) is 17.4. The maximum absolute atomic E-state index is 13.4. The van der Waals surface area contributed by atoms with Crippen molar-refractivity contribution in [1.82, 2.24) is 0 Å². The van der Waals surface area contributed by atoms with Crippen LogP contribution in [0.1, 0.15) is 11.1 Å². The van der Waals surface area contributed by atoms with Crippen molar-refractivity contribution in [3.05, 3.63) is 83.7 Å². The molecule has 158 valence electrons. The summed E-state index contributed by atoms with van der Waals surface area (Å²) in [7, 11) is -2.49. The van der Waals surface area contributed by atoms with Crippen LogP contribution < -0.4 is 13.8 Å². The van der Waals surface area contributed by atoms with Gasteiger partial charge in [0.05, 0.1) is 24.2 Å². The number of sulfonamides is 1. The van der Waals surface area contributed by atoms with E-state index in [0.29, 0.717) is 11.4 Å². The van der Waals surface area contributed by atoms with Gasteiger partial charge in [0, 0.05) is 0 Å². The zero-order valence-electron chi connectivity index (χ0n) is 17.1. The quantitative estimate of drug-likeness (QED) is 0.520. The lowest BCUT2D eigenvalue weighted by molar-refractivity contribution is 0.323. The molecule has 0 spiro atoms. The number of aryl methyl sites for hydroxylation is 2. The third-order valence-corrected chi connectivity index (χ3v) is 6.53. The predicted octanol–water partition coefficient (Wildman–Crippen LogP) is 4.73. The second-order valence-electron chi connectivity index (χ2n) is 6.77. The van der Waals surface area contributed by atoms with Crippen molar-refractivity contribution < 1.29 is 22.3 Å². The molecule has 0 aliphatic carbocycles. The molecule has 0 unspecified atom stereocenters. The smallest absolute Gasteiger partial charge is 0.264 e. The number of para-hydroxylation sites is 3. The molecule has 30 heavy (non-hydrogen) atoms. The molecule has 0 aliphatic heterocycles. The first-order valence-electron chi connectivity index (χ1n) is 9.45. The zero-order chi connectivity index (χ0) is 21.7. The average molecular weight is 430 g/mol. The van der Waals surface area contributed by atoms with Gasteiger partial charge in [-0.2, -0.15) is 0 Å². The number of nitrogens with zero attached hydrogens (tertiary/aromatic N) is 1. The molecule has 0 N–H and O–H groups in total. The van der Waals surface area contributed by atoms with Crippen LogP contribution in [-0.4, -0.2) is 28.7 Å². The van der Waals surface area contributed by atoms with Crippen molar-refractivity contribution in [1.29, 1.82) is 0 Å². The molecule has 0 amide bonds. The summed E-state index contributed by atoms with van der Waals surface area (Å²) in [5.41, 5.74) is 2.33. The predicted molar refractivity (Wildman–Crippen MR) is 115 cm³/mol. The van der Waals surface area contributed by atoms with E-state index in [2.05, 4.69) is 0 Å². The minimum absolute atomic E-state index is 0.0121. The third kappa shape index (κ3) is 4.57. The lowest BCUT2D eigenvalue weighted by Gasteiger charge is -2.26. The summed E-state index contributed by atoms with van der Waals surface area (Å²) < 4.78 is 52.6. The molecule has 0 fully saturated rings. The van der Waals surface area contributed by atoms with E-state index in [4.69, 9.17) is 9.47 Å². The second kappa shape index (κ2) is 9.17. The van der Waals surface area contributed by atoms with Crippen molar-refractivity contribution in [3.8, 4) is 11.5 Å². The van der Waals surface area contributed by atoms with Crippen LogP contribution >= 0.6 is 0 Å². The average Bonchev–Trinajstić information content (AvgIpc) is 2.73. The maximum atomic E-state index is 13.4. The maximum Gasteiger partial charge on any atom is 0.264 e. The largest absolute Gasteiger partial charge is 0.495 e. The summed E-state index contributed by atoms with van der Waals surface area (Å²) in [5, 5.41) is 0. The first-order chi connectivity index (χ1) is 14.3. The van der Waals surface area contributed by atoms with Gasteiger partial charge in [-0.1, -0.05) is 30.3 Å². The van der Waals surface area contributed by atoms with Crippen LogP contribution in [0.3, 0.4) is 0 Å². The van der Waals surface area contributed by atoms with Gasteiger partial charge in [0.25, 0.3) is 10.0 Å². The zero-order valence-corrected chi connectivity index (χ0v) is 17.9. The Morgan fingerprint density at radius 2 is 1.53 bits per heavy atom. The molecule has 5 nitrogen and oxygen atoms in total. The van der Waals surface area contributed by atoms with E-state index < -0.39 is 15.8 Å². The number of rotatable bonds is 8. The van der Waals surface area contributed by atoms with Crippen LogP contribution in [0.25, 0.3) is 0 Å². The minimum Gasteiger partial charge on any atom is -0.495 e. The van der Waals surface area contributed by atoms with Crippen molar-refractivity contribution in [3.63, 3.8) is 0 Å². The highest BCUT2D eigenvalue weighted by Gasteiger charge is 2.27. The van der Waals surface area contributed by atoms with Crippen LogP contribution in [0.5, 0.6) is 11.5 Å². The number of ether oxygens (including phenoxy) is 2. The molecular formula is C23H24FNO4S. The van der Waals surface area contributed by atoms with Gasteiger partial charge in [-0.25, -0.2) is 12.8 Å². The third-order valence-electron chi connectivity index (χ3n) is 4.71.